The Balaban J connectivity index is 1.44. The molecule has 0 saturated carbocycles. The lowest BCUT2D eigenvalue weighted by molar-refractivity contribution is -0.274. The number of nitrogens with zero attached hydrogens (tertiary/aromatic N) is 3. The van der Waals surface area contributed by atoms with Gasteiger partial charge in [0, 0.05) is 12.7 Å². The summed E-state index contributed by atoms with van der Waals surface area (Å²) in [5.74, 6) is -0.0107. The summed E-state index contributed by atoms with van der Waals surface area (Å²) >= 11 is 0. The number of guanidine groups is 1. The highest BCUT2D eigenvalue weighted by Gasteiger charge is 2.30. The van der Waals surface area contributed by atoms with Crippen LogP contribution in [-0.2, 0) is 13.0 Å². The van der Waals surface area contributed by atoms with Crippen LogP contribution in [0.15, 0.2) is 72.0 Å². The molecule has 0 saturated heterocycles. The molecule has 3 N–H and O–H groups in total. The Morgan fingerprint density at radius 1 is 1.07 bits per heavy atom. The van der Waals surface area contributed by atoms with Crippen LogP contribution in [0.1, 0.15) is 11.1 Å². The lowest BCUT2D eigenvalue weighted by Gasteiger charge is -2.09. The predicted octanol–water partition coefficient (Wildman–Crippen LogP) is 3.42. The van der Waals surface area contributed by atoms with Crippen LogP contribution in [0.2, 0.25) is 0 Å². The molecule has 29 heavy (non-hydrogen) atoms. The summed E-state index contributed by atoms with van der Waals surface area (Å²) in [4.78, 5) is 4.18. The van der Waals surface area contributed by atoms with Gasteiger partial charge in [-0.25, -0.2) is 9.67 Å². The standard InChI is InChI=1S/C20H20F3N5O/c21-20(22,23)29-18-8-6-15(7-9-18)12-26-19(24)25-11-10-16-13-27-28(14-16)17-4-2-1-3-5-17/h1-9,13-14H,10-12H2,(H3,24,25,26). The van der Waals surface area contributed by atoms with Crippen molar-refractivity contribution in [1.29, 1.82) is 0 Å². The number of nitrogens with one attached hydrogen (secondary N) is 1. The van der Waals surface area contributed by atoms with Crippen molar-refractivity contribution in [2.45, 2.75) is 19.3 Å². The normalized spacial score (nSPS) is 12.0. The van der Waals surface area contributed by atoms with Gasteiger partial charge >= 0.3 is 6.36 Å². The van der Waals surface area contributed by atoms with Crippen molar-refractivity contribution in [3.05, 3.63) is 78.1 Å². The molecule has 0 bridgehead atoms. The van der Waals surface area contributed by atoms with Gasteiger partial charge in [-0.15, -0.1) is 13.2 Å². The predicted molar refractivity (Wildman–Crippen MR) is 104 cm³/mol. The number of halogens is 3. The molecular weight excluding hydrogens is 383 g/mol. The lowest BCUT2D eigenvalue weighted by Crippen LogP contribution is -2.33. The van der Waals surface area contributed by atoms with E-state index in [1.54, 1.807) is 10.9 Å². The van der Waals surface area contributed by atoms with E-state index in [1.807, 2.05) is 36.5 Å². The third-order valence-corrected chi connectivity index (χ3v) is 3.97. The number of para-hydroxylation sites is 1. The quantitative estimate of drug-likeness (QED) is 0.468. The number of aliphatic imine (C=N–C) groups is 1. The molecule has 0 atom stereocenters. The van der Waals surface area contributed by atoms with Gasteiger partial charge in [-0.05, 0) is 41.8 Å². The number of rotatable bonds is 7. The second-order valence-corrected chi connectivity index (χ2v) is 6.20. The molecule has 0 spiro atoms. The summed E-state index contributed by atoms with van der Waals surface area (Å²) in [7, 11) is 0. The maximum absolute atomic E-state index is 12.2. The zero-order valence-electron chi connectivity index (χ0n) is 15.4. The van der Waals surface area contributed by atoms with Crippen LogP contribution >= 0.6 is 0 Å². The number of benzene rings is 2. The van der Waals surface area contributed by atoms with Crippen LogP contribution in [0.3, 0.4) is 0 Å². The third-order valence-electron chi connectivity index (χ3n) is 3.97. The Morgan fingerprint density at radius 3 is 2.48 bits per heavy atom. The minimum Gasteiger partial charge on any atom is -0.406 e. The van der Waals surface area contributed by atoms with Crippen LogP contribution in [0.25, 0.3) is 5.69 Å². The number of aromatic nitrogens is 2. The monoisotopic (exact) mass is 403 g/mol. The Hall–Kier alpha value is -3.49. The molecule has 0 amide bonds. The Labute approximate surface area is 165 Å². The summed E-state index contributed by atoms with van der Waals surface area (Å²) in [5, 5.41) is 7.35. The van der Waals surface area contributed by atoms with Gasteiger partial charge < -0.3 is 15.8 Å². The van der Waals surface area contributed by atoms with Crippen molar-refractivity contribution in [3.63, 3.8) is 0 Å². The first-order valence-corrected chi connectivity index (χ1v) is 8.86. The van der Waals surface area contributed by atoms with Crippen molar-refractivity contribution < 1.29 is 17.9 Å². The Kier molecular flexibility index (Phi) is 6.38. The van der Waals surface area contributed by atoms with Crippen molar-refractivity contribution in [3.8, 4) is 11.4 Å². The molecule has 1 aromatic heterocycles. The second kappa shape index (κ2) is 9.13. The van der Waals surface area contributed by atoms with E-state index in [4.69, 9.17) is 5.73 Å². The van der Waals surface area contributed by atoms with E-state index in [0.29, 0.717) is 18.5 Å². The van der Waals surface area contributed by atoms with Crippen molar-refractivity contribution in [2.24, 2.45) is 10.7 Å². The van der Waals surface area contributed by atoms with Crippen molar-refractivity contribution >= 4 is 5.96 Å². The van der Waals surface area contributed by atoms with E-state index in [2.05, 4.69) is 20.1 Å². The maximum Gasteiger partial charge on any atom is 0.573 e. The molecular formula is C20H20F3N5O. The van der Waals surface area contributed by atoms with E-state index >= 15 is 0 Å². The SMILES string of the molecule is NC(=NCc1ccc(OC(F)(F)F)cc1)NCCc1cnn(-c2ccccc2)c1. The number of hydrogen-bond acceptors (Lipinski definition) is 3. The zero-order chi connectivity index (χ0) is 20.7. The molecule has 3 rings (SSSR count). The first-order valence-electron chi connectivity index (χ1n) is 8.86. The first-order chi connectivity index (χ1) is 13.9. The third kappa shape index (κ3) is 6.56. The fourth-order valence-corrected chi connectivity index (χ4v) is 2.57. The molecule has 6 nitrogen and oxygen atoms in total. The van der Waals surface area contributed by atoms with Gasteiger partial charge in [-0.2, -0.15) is 5.10 Å². The first kappa shape index (κ1) is 20.2. The smallest absolute Gasteiger partial charge is 0.406 e. The molecule has 3 aromatic rings. The van der Waals surface area contributed by atoms with Crippen molar-refractivity contribution in [1.82, 2.24) is 15.1 Å². The van der Waals surface area contributed by atoms with E-state index in [9.17, 15) is 13.2 Å². The van der Waals surface area contributed by atoms with Crippen molar-refractivity contribution in [2.75, 3.05) is 6.54 Å². The van der Waals surface area contributed by atoms with Crippen LogP contribution in [0.5, 0.6) is 5.75 Å². The van der Waals surface area contributed by atoms with Gasteiger partial charge in [0.15, 0.2) is 5.96 Å². The molecule has 0 fully saturated rings. The number of nitrogens with two attached hydrogens (primary N) is 1. The van der Waals surface area contributed by atoms with E-state index in [1.165, 1.54) is 24.3 Å². The molecule has 0 unspecified atom stereocenters. The fraction of sp³-hybridized carbons (Fsp3) is 0.200. The molecule has 0 aliphatic heterocycles. The zero-order valence-corrected chi connectivity index (χ0v) is 15.4. The summed E-state index contributed by atoms with van der Waals surface area (Å²) < 4.78 is 42.1. The van der Waals surface area contributed by atoms with Gasteiger partial charge in [-0.3, -0.25) is 0 Å². The molecule has 0 aliphatic rings. The largest absolute Gasteiger partial charge is 0.573 e. The van der Waals surface area contributed by atoms with Gasteiger partial charge in [0.1, 0.15) is 5.75 Å². The van der Waals surface area contributed by atoms with Crippen LogP contribution in [0, 0.1) is 0 Å². The fourth-order valence-electron chi connectivity index (χ4n) is 2.57. The molecule has 2 aromatic carbocycles. The van der Waals surface area contributed by atoms with E-state index < -0.39 is 6.36 Å². The Bertz CT molecular complexity index is 937. The van der Waals surface area contributed by atoms with E-state index in [0.717, 1.165) is 11.3 Å². The molecule has 152 valence electrons. The minimum atomic E-state index is -4.70. The second-order valence-electron chi connectivity index (χ2n) is 6.20. The summed E-state index contributed by atoms with van der Waals surface area (Å²) in [6, 6.07) is 15.3. The van der Waals surface area contributed by atoms with Crippen LogP contribution < -0.4 is 15.8 Å². The highest BCUT2D eigenvalue weighted by Crippen LogP contribution is 2.22. The number of ether oxygens (including phenoxy) is 1. The lowest BCUT2D eigenvalue weighted by atomic mass is 10.2. The highest BCUT2D eigenvalue weighted by atomic mass is 19.4. The summed E-state index contributed by atoms with van der Waals surface area (Å²) in [6.45, 7) is 0.825. The molecule has 0 radical (unpaired) electrons. The van der Waals surface area contributed by atoms with Crippen LogP contribution in [0.4, 0.5) is 13.2 Å². The summed E-state index contributed by atoms with van der Waals surface area (Å²) in [5.41, 5.74) is 8.59. The van der Waals surface area contributed by atoms with Gasteiger partial charge in [0.25, 0.3) is 0 Å². The van der Waals surface area contributed by atoms with Gasteiger partial charge in [0.05, 0.1) is 18.4 Å². The minimum absolute atomic E-state index is 0.247. The average molecular weight is 403 g/mol. The molecule has 1 heterocycles. The van der Waals surface area contributed by atoms with Gasteiger partial charge in [0.2, 0.25) is 0 Å². The molecule has 0 aliphatic carbocycles. The highest BCUT2D eigenvalue weighted by molar-refractivity contribution is 5.77. The number of hydrogen-bond donors (Lipinski definition) is 2. The van der Waals surface area contributed by atoms with Gasteiger partial charge in [-0.1, -0.05) is 30.3 Å². The van der Waals surface area contributed by atoms with E-state index in [-0.39, 0.29) is 18.3 Å². The molecule has 9 heteroatoms. The van der Waals surface area contributed by atoms with Crippen LogP contribution in [-0.4, -0.2) is 28.6 Å². The Morgan fingerprint density at radius 2 is 1.79 bits per heavy atom. The number of alkyl halides is 3. The topological polar surface area (TPSA) is 77.5 Å². The maximum atomic E-state index is 12.2. The average Bonchev–Trinajstić information content (AvgIpc) is 3.16. The summed E-state index contributed by atoms with van der Waals surface area (Å²) in [6.07, 6.45) is -0.236.